The van der Waals surface area contributed by atoms with E-state index >= 15 is 0 Å². The van der Waals surface area contributed by atoms with Gasteiger partial charge >= 0.3 is 0 Å². The SMILES string of the molecule is COc1cc(C#N)cc(CCC=O)c1O. The van der Waals surface area contributed by atoms with Crippen LogP contribution in [0.25, 0.3) is 0 Å². The van der Waals surface area contributed by atoms with Crippen LogP contribution in [0.4, 0.5) is 0 Å². The highest BCUT2D eigenvalue weighted by atomic mass is 16.5. The maximum absolute atomic E-state index is 10.2. The Hall–Kier alpha value is -2.02. The first-order valence-corrected chi connectivity index (χ1v) is 4.46. The number of carbonyl (C=O) groups is 1. The van der Waals surface area contributed by atoms with Crippen LogP contribution < -0.4 is 4.74 Å². The van der Waals surface area contributed by atoms with Gasteiger partial charge in [0, 0.05) is 12.5 Å². The highest BCUT2D eigenvalue weighted by Gasteiger charge is 2.09. The number of aldehydes is 1. The van der Waals surface area contributed by atoms with Gasteiger partial charge in [-0.25, -0.2) is 0 Å². The van der Waals surface area contributed by atoms with Gasteiger partial charge in [0.25, 0.3) is 0 Å². The van der Waals surface area contributed by atoms with Crippen LogP contribution in [0.1, 0.15) is 17.5 Å². The topological polar surface area (TPSA) is 70.3 Å². The molecule has 0 aromatic heterocycles. The molecule has 1 N–H and O–H groups in total. The van der Waals surface area contributed by atoms with E-state index in [1.54, 1.807) is 6.07 Å². The number of rotatable bonds is 4. The van der Waals surface area contributed by atoms with Crippen LogP contribution in [0, 0.1) is 11.3 Å². The molecule has 15 heavy (non-hydrogen) atoms. The molecule has 1 rings (SSSR count). The fraction of sp³-hybridized carbons (Fsp3) is 0.273. The van der Waals surface area contributed by atoms with Crippen LogP contribution in [0.2, 0.25) is 0 Å². The van der Waals surface area contributed by atoms with Gasteiger partial charge in [-0.1, -0.05) is 0 Å². The van der Waals surface area contributed by atoms with Crippen LogP contribution in [-0.2, 0) is 11.2 Å². The molecule has 0 amide bonds. The average molecular weight is 205 g/mol. The Bertz CT molecular complexity index is 407. The summed E-state index contributed by atoms with van der Waals surface area (Å²) < 4.78 is 4.92. The third-order valence-corrected chi connectivity index (χ3v) is 2.03. The summed E-state index contributed by atoms with van der Waals surface area (Å²) in [6, 6.07) is 4.98. The minimum absolute atomic E-state index is 0.00153. The quantitative estimate of drug-likeness (QED) is 0.754. The molecule has 0 fully saturated rings. The van der Waals surface area contributed by atoms with E-state index in [1.807, 2.05) is 6.07 Å². The van der Waals surface area contributed by atoms with Crippen molar-refractivity contribution in [3.8, 4) is 17.6 Å². The Labute approximate surface area is 87.7 Å². The van der Waals surface area contributed by atoms with Gasteiger partial charge in [-0.05, 0) is 18.1 Å². The number of aromatic hydroxyl groups is 1. The Morgan fingerprint density at radius 2 is 2.33 bits per heavy atom. The number of phenols is 1. The average Bonchev–Trinajstić information content (AvgIpc) is 2.27. The molecule has 0 atom stereocenters. The number of carbonyl (C=O) groups excluding carboxylic acids is 1. The van der Waals surface area contributed by atoms with Crippen LogP contribution >= 0.6 is 0 Å². The Morgan fingerprint density at radius 1 is 1.60 bits per heavy atom. The van der Waals surface area contributed by atoms with Crippen molar-refractivity contribution in [1.29, 1.82) is 5.26 Å². The van der Waals surface area contributed by atoms with Crippen molar-refractivity contribution >= 4 is 6.29 Å². The van der Waals surface area contributed by atoms with Crippen molar-refractivity contribution in [2.45, 2.75) is 12.8 Å². The number of benzene rings is 1. The van der Waals surface area contributed by atoms with E-state index in [1.165, 1.54) is 13.2 Å². The molecule has 1 aromatic rings. The lowest BCUT2D eigenvalue weighted by atomic mass is 10.1. The minimum Gasteiger partial charge on any atom is -0.504 e. The summed E-state index contributed by atoms with van der Waals surface area (Å²) in [7, 11) is 1.42. The number of hydrogen-bond acceptors (Lipinski definition) is 4. The zero-order chi connectivity index (χ0) is 11.3. The van der Waals surface area contributed by atoms with Gasteiger partial charge < -0.3 is 14.6 Å². The van der Waals surface area contributed by atoms with Gasteiger partial charge in [-0.15, -0.1) is 0 Å². The molecule has 4 nitrogen and oxygen atoms in total. The number of phenolic OH excluding ortho intramolecular Hbond substituents is 1. The number of nitriles is 1. The molecule has 0 aliphatic rings. The predicted molar refractivity (Wildman–Crippen MR) is 53.8 cm³/mol. The molecule has 4 heteroatoms. The maximum Gasteiger partial charge on any atom is 0.162 e. The maximum atomic E-state index is 10.2. The molecule has 0 spiro atoms. The van der Waals surface area contributed by atoms with E-state index in [4.69, 9.17) is 10.00 Å². The highest BCUT2D eigenvalue weighted by Crippen LogP contribution is 2.31. The summed E-state index contributed by atoms with van der Waals surface area (Å²) >= 11 is 0. The second-order valence-corrected chi connectivity index (χ2v) is 3.00. The van der Waals surface area contributed by atoms with Crippen molar-refractivity contribution in [1.82, 2.24) is 0 Å². The molecule has 0 radical (unpaired) electrons. The van der Waals surface area contributed by atoms with E-state index in [9.17, 15) is 9.90 Å². The van der Waals surface area contributed by atoms with Gasteiger partial charge in [-0.2, -0.15) is 5.26 Å². The third-order valence-electron chi connectivity index (χ3n) is 2.03. The lowest BCUT2D eigenvalue weighted by molar-refractivity contribution is -0.107. The lowest BCUT2D eigenvalue weighted by Gasteiger charge is -2.08. The van der Waals surface area contributed by atoms with Crippen LogP contribution in [0.5, 0.6) is 11.5 Å². The molecular formula is C11H11NO3. The van der Waals surface area contributed by atoms with E-state index < -0.39 is 0 Å². The minimum atomic E-state index is -0.00153. The first-order valence-electron chi connectivity index (χ1n) is 4.46. The largest absolute Gasteiger partial charge is 0.504 e. The molecule has 78 valence electrons. The normalized spacial score (nSPS) is 9.33. The molecule has 0 aliphatic carbocycles. The summed E-state index contributed by atoms with van der Waals surface area (Å²) in [4.78, 5) is 10.2. The Balaban J connectivity index is 3.13. The lowest BCUT2D eigenvalue weighted by Crippen LogP contribution is -1.93. The third kappa shape index (κ3) is 2.47. The molecule has 0 saturated heterocycles. The summed E-state index contributed by atoms with van der Waals surface area (Å²) in [5.41, 5.74) is 0.962. The number of aryl methyl sites for hydroxylation is 1. The number of hydrogen-bond donors (Lipinski definition) is 1. The summed E-state index contributed by atoms with van der Waals surface area (Å²) in [5, 5.41) is 18.4. The molecule has 0 heterocycles. The van der Waals surface area contributed by atoms with Gasteiger partial charge in [0.2, 0.25) is 0 Å². The van der Waals surface area contributed by atoms with Gasteiger partial charge in [0.15, 0.2) is 11.5 Å². The van der Waals surface area contributed by atoms with Gasteiger partial charge in [-0.3, -0.25) is 0 Å². The van der Waals surface area contributed by atoms with E-state index in [2.05, 4.69) is 0 Å². The summed E-state index contributed by atoms with van der Waals surface area (Å²) in [6.07, 6.45) is 1.48. The molecule has 0 aliphatic heterocycles. The monoisotopic (exact) mass is 205 g/mol. The van der Waals surface area contributed by atoms with Crippen molar-refractivity contribution in [3.05, 3.63) is 23.3 Å². The van der Waals surface area contributed by atoms with Crippen LogP contribution in [0.15, 0.2) is 12.1 Å². The first kappa shape index (κ1) is 11.1. The number of methoxy groups -OCH3 is 1. The van der Waals surface area contributed by atoms with Crippen LogP contribution in [0.3, 0.4) is 0 Å². The Morgan fingerprint density at radius 3 is 2.87 bits per heavy atom. The molecule has 0 saturated carbocycles. The second-order valence-electron chi connectivity index (χ2n) is 3.00. The van der Waals surface area contributed by atoms with E-state index in [0.29, 0.717) is 24.0 Å². The number of nitrogens with zero attached hydrogens (tertiary/aromatic N) is 1. The fourth-order valence-electron chi connectivity index (χ4n) is 1.29. The molecule has 1 aromatic carbocycles. The second kappa shape index (κ2) is 5.01. The zero-order valence-corrected chi connectivity index (χ0v) is 8.36. The fourth-order valence-corrected chi connectivity index (χ4v) is 1.29. The standard InChI is InChI=1S/C11H11NO3/c1-15-10-6-8(7-12)5-9(11(10)14)3-2-4-13/h4-6,14H,2-3H2,1H3. The Kier molecular flexibility index (Phi) is 3.69. The molecular weight excluding hydrogens is 194 g/mol. The van der Waals surface area contributed by atoms with Crippen LogP contribution in [-0.4, -0.2) is 18.5 Å². The summed E-state index contributed by atoms with van der Waals surface area (Å²) in [5.74, 6) is 0.258. The van der Waals surface area contributed by atoms with Crippen molar-refractivity contribution in [3.63, 3.8) is 0 Å². The molecule has 0 unspecified atom stereocenters. The van der Waals surface area contributed by atoms with Gasteiger partial charge in [0.1, 0.15) is 6.29 Å². The van der Waals surface area contributed by atoms with Crippen molar-refractivity contribution in [2.75, 3.05) is 7.11 Å². The number of ether oxygens (including phenoxy) is 1. The highest BCUT2D eigenvalue weighted by molar-refractivity contribution is 5.55. The predicted octanol–water partition coefficient (Wildman–Crippen LogP) is 1.40. The van der Waals surface area contributed by atoms with E-state index in [0.717, 1.165) is 6.29 Å². The molecule has 0 bridgehead atoms. The van der Waals surface area contributed by atoms with Gasteiger partial charge in [0.05, 0.1) is 18.7 Å². The van der Waals surface area contributed by atoms with E-state index in [-0.39, 0.29) is 11.5 Å². The zero-order valence-electron chi connectivity index (χ0n) is 8.36. The summed E-state index contributed by atoms with van der Waals surface area (Å²) in [6.45, 7) is 0. The first-order chi connectivity index (χ1) is 7.22. The van der Waals surface area contributed by atoms with Crippen molar-refractivity contribution < 1.29 is 14.6 Å². The smallest absolute Gasteiger partial charge is 0.162 e. The van der Waals surface area contributed by atoms with Crippen molar-refractivity contribution in [2.24, 2.45) is 0 Å².